The second-order valence-corrected chi connectivity index (χ2v) is 6.11. The van der Waals surface area contributed by atoms with E-state index in [2.05, 4.69) is 15.0 Å². The van der Waals surface area contributed by atoms with Gasteiger partial charge in [-0.1, -0.05) is 5.16 Å². The van der Waals surface area contributed by atoms with Crippen LogP contribution in [0.3, 0.4) is 0 Å². The third-order valence-electron chi connectivity index (χ3n) is 4.47. The summed E-state index contributed by atoms with van der Waals surface area (Å²) in [6, 6.07) is 8.19. The number of oxazole rings is 1. The highest BCUT2D eigenvalue weighted by molar-refractivity contribution is 5.58. The third-order valence-corrected chi connectivity index (χ3v) is 4.47. The highest BCUT2D eigenvalue weighted by atomic mass is 19.1. The van der Waals surface area contributed by atoms with E-state index in [1.54, 1.807) is 24.6 Å². The molecule has 124 valence electrons. The minimum absolute atomic E-state index is 0.253. The molecule has 6 heteroatoms. The number of hydrogen-bond acceptors (Lipinski definition) is 5. The molecule has 1 aliphatic rings. The SMILES string of the molecule is Fc1ccc(-c2cc(CN3CCC(c4ncco4)CC3)on2)cc1. The van der Waals surface area contributed by atoms with Crippen LogP contribution in [0.25, 0.3) is 11.3 Å². The van der Waals surface area contributed by atoms with Crippen LogP contribution in [-0.4, -0.2) is 28.1 Å². The van der Waals surface area contributed by atoms with Crippen molar-refractivity contribution in [1.29, 1.82) is 0 Å². The molecule has 3 heterocycles. The molecular formula is C18H18FN3O2. The predicted octanol–water partition coefficient (Wildman–Crippen LogP) is 3.85. The van der Waals surface area contributed by atoms with Crippen molar-refractivity contribution in [3.05, 3.63) is 60.3 Å². The van der Waals surface area contributed by atoms with Crippen molar-refractivity contribution in [2.45, 2.75) is 25.3 Å². The Balaban J connectivity index is 1.36. The maximum Gasteiger partial charge on any atom is 0.197 e. The smallest absolute Gasteiger partial charge is 0.197 e. The summed E-state index contributed by atoms with van der Waals surface area (Å²) in [6.07, 6.45) is 5.39. The minimum atomic E-state index is -0.253. The molecule has 1 aliphatic heterocycles. The molecule has 3 aromatic rings. The van der Waals surface area contributed by atoms with Gasteiger partial charge in [0.05, 0.1) is 12.7 Å². The first-order valence-electron chi connectivity index (χ1n) is 8.11. The monoisotopic (exact) mass is 327 g/mol. The van der Waals surface area contributed by atoms with Crippen LogP contribution < -0.4 is 0 Å². The van der Waals surface area contributed by atoms with Gasteiger partial charge in [0.15, 0.2) is 11.7 Å². The van der Waals surface area contributed by atoms with Gasteiger partial charge in [-0.2, -0.15) is 0 Å². The minimum Gasteiger partial charge on any atom is -0.449 e. The zero-order valence-corrected chi connectivity index (χ0v) is 13.2. The summed E-state index contributed by atoms with van der Waals surface area (Å²) in [7, 11) is 0. The van der Waals surface area contributed by atoms with Crippen molar-refractivity contribution in [2.75, 3.05) is 13.1 Å². The fourth-order valence-corrected chi connectivity index (χ4v) is 3.14. The Kier molecular flexibility index (Phi) is 4.13. The third kappa shape index (κ3) is 3.23. The van der Waals surface area contributed by atoms with Crippen LogP contribution in [-0.2, 0) is 6.54 Å². The summed E-state index contributed by atoms with van der Waals surface area (Å²) in [5, 5.41) is 4.09. The van der Waals surface area contributed by atoms with E-state index < -0.39 is 0 Å². The van der Waals surface area contributed by atoms with Crippen LogP contribution in [0.5, 0.6) is 0 Å². The van der Waals surface area contributed by atoms with Gasteiger partial charge in [0.2, 0.25) is 0 Å². The predicted molar refractivity (Wildman–Crippen MR) is 85.7 cm³/mol. The summed E-state index contributed by atoms with van der Waals surface area (Å²) >= 11 is 0. The molecule has 0 radical (unpaired) electrons. The summed E-state index contributed by atoms with van der Waals surface area (Å²) < 4.78 is 23.8. The molecule has 1 fully saturated rings. The fourth-order valence-electron chi connectivity index (χ4n) is 3.14. The van der Waals surface area contributed by atoms with E-state index in [1.165, 1.54) is 12.1 Å². The highest BCUT2D eigenvalue weighted by Gasteiger charge is 2.24. The first-order chi connectivity index (χ1) is 11.8. The lowest BCUT2D eigenvalue weighted by Gasteiger charge is -2.29. The number of rotatable bonds is 4. The van der Waals surface area contributed by atoms with Gasteiger partial charge >= 0.3 is 0 Å². The normalized spacial score (nSPS) is 16.5. The Hall–Kier alpha value is -2.47. The van der Waals surface area contributed by atoms with Gasteiger partial charge < -0.3 is 8.94 Å². The molecule has 4 rings (SSSR count). The molecule has 0 bridgehead atoms. The fraction of sp³-hybridized carbons (Fsp3) is 0.333. The molecule has 0 spiro atoms. The van der Waals surface area contributed by atoms with E-state index in [-0.39, 0.29) is 5.82 Å². The molecule has 0 atom stereocenters. The second kappa shape index (κ2) is 6.57. The number of nitrogens with zero attached hydrogens (tertiary/aromatic N) is 3. The molecule has 2 aromatic heterocycles. The quantitative estimate of drug-likeness (QED) is 0.728. The molecule has 0 amide bonds. The van der Waals surface area contributed by atoms with E-state index in [0.29, 0.717) is 5.92 Å². The van der Waals surface area contributed by atoms with E-state index in [9.17, 15) is 4.39 Å². The standard InChI is InChI=1S/C18H18FN3O2/c19-15-3-1-13(2-4-15)17-11-16(24-21-17)12-22-8-5-14(6-9-22)18-20-7-10-23-18/h1-4,7,10-11,14H,5-6,8-9,12H2. The largest absolute Gasteiger partial charge is 0.449 e. The van der Waals surface area contributed by atoms with Gasteiger partial charge in [-0.15, -0.1) is 0 Å². The zero-order valence-electron chi connectivity index (χ0n) is 13.2. The van der Waals surface area contributed by atoms with Crippen LogP contribution in [0, 0.1) is 5.82 Å². The molecule has 1 aromatic carbocycles. The molecule has 0 aliphatic carbocycles. The van der Waals surface area contributed by atoms with E-state index >= 15 is 0 Å². The van der Waals surface area contributed by atoms with Gasteiger partial charge in [0.1, 0.15) is 17.8 Å². The molecule has 1 saturated heterocycles. The topological polar surface area (TPSA) is 55.3 Å². The van der Waals surface area contributed by atoms with E-state index in [0.717, 1.165) is 55.4 Å². The van der Waals surface area contributed by atoms with Crippen LogP contribution in [0.4, 0.5) is 4.39 Å². The Labute approximate surface area is 139 Å². The summed E-state index contributed by atoms with van der Waals surface area (Å²) in [5.41, 5.74) is 1.59. The van der Waals surface area contributed by atoms with Gasteiger partial charge in [0.25, 0.3) is 0 Å². The van der Waals surface area contributed by atoms with Crippen LogP contribution in [0.2, 0.25) is 0 Å². The van der Waals surface area contributed by atoms with Gasteiger partial charge in [-0.3, -0.25) is 4.90 Å². The van der Waals surface area contributed by atoms with E-state index in [1.807, 2.05) is 6.07 Å². The number of piperidine rings is 1. The number of hydrogen-bond donors (Lipinski definition) is 0. The summed E-state index contributed by atoms with van der Waals surface area (Å²) in [6.45, 7) is 2.67. The van der Waals surface area contributed by atoms with Crippen molar-refractivity contribution >= 4 is 0 Å². The van der Waals surface area contributed by atoms with Crippen molar-refractivity contribution in [3.63, 3.8) is 0 Å². The van der Waals surface area contributed by atoms with Crippen LogP contribution in [0.1, 0.15) is 30.4 Å². The maximum atomic E-state index is 13.0. The number of likely N-dealkylation sites (tertiary alicyclic amines) is 1. The molecule has 24 heavy (non-hydrogen) atoms. The van der Waals surface area contributed by atoms with Crippen molar-refractivity contribution in [2.24, 2.45) is 0 Å². The first-order valence-corrected chi connectivity index (χ1v) is 8.11. The van der Waals surface area contributed by atoms with Crippen molar-refractivity contribution in [3.8, 4) is 11.3 Å². The number of aromatic nitrogens is 2. The van der Waals surface area contributed by atoms with E-state index in [4.69, 9.17) is 8.94 Å². The molecule has 5 nitrogen and oxygen atoms in total. The van der Waals surface area contributed by atoms with Crippen LogP contribution in [0.15, 0.2) is 51.7 Å². The van der Waals surface area contributed by atoms with Crippen LogP contribution >= 0.6 is 0 Å². The lowest BCUT2D eigenvalue weighted by Crippen LogP contribution is -2.32. The Morgan fingerprint density at radius 1 is 1.17 bits per heavy atom. The summed E-state index contributed by atoms with van der Waals surface area (Å²) in [5.74, 6) is 1.81. The molecular weight excluding hydrogens is 309 g/mol. The highest BCUT2D eigenvalue weighted by Crippen LogP contribution is 2.28. The maximum absolute atomic E-state index is 13.0. The van der Waals surface area contributed by atoms with Crippen molar-refractivity contribution in [1.82, 2.24) is 15.0 Å². The summed E-state index contributed by atoms with van der Waals surface area (Å²) in [4.78, 5) is 6.59. The molecule has 0 N–H and O–H groups in total. The first kappa shape index (κ1) is 15.1. The Bertz CT molecular complexity index is 775. The number of benzene rings is 1. The lowest BCUT2D eigenvalue weighted by molar-refractivity contribution is 0.175. The molecule has 0 saturated carbocycles. The Morgan fingerprint density at radius 3 is 2.67 bits per heavy atom. The zero-order chi connectivity index (χ0) is 16.4. The van der Waals surface area contributed by atoms with Gasteiger partial charge in [-0.25, -0.2) is 9.37 Å². The second-order valence-electron chi connectivity index (χ2n) is 6.11. The lowest BCUT2D eigenvalue weighted by atomic mass is 9.97. The van der Waals surface area contributed by atoms with Crippen molar-refractivity contribution < 1.29 is 13.3 Å². The molecule has 0 unspecified atom stereocenters. The van der Waals surface area contributed by atoms with Gasteiger partial charge in [-0.05, 0) is 50.2 Å². The Morgan fingerprint density at radius 2 is 1.96 bits per heavy atom. The number of halogens is 1. The average Bonchev–Trinajstić information content (AvgIpc) is 3.28. The van der Waals surface area contributed by atoms with Gasteiger partial charge in [0, 0.05) is 17.5 Å². The average molecular weight is 327 g/mol.